The van der Waals surface area contributed by atoms with Gasteiger partial charge in [-0.1, -0.05) is 38.5 Å². The molecule has 0 aromatic carbocycles. The van der Waals surface area contributed by atoms with E-state index in [1.165, 1.54) is 0 Å². The number of hydrogen-bond acceptors (Lipinski definition) is 0. The molecule has 0 atom stereocenters. The van der Waals surface area contributed by atoms with E-state index in [1.807, 2.05) is 0 Å². The van der Waals surface area contributed by atoms with Crippen molar-refractivity contribution in [2.45, 2.75) is 63.5 Å². The van der Waals surface area contributed by atoms with Crippen molar-refractivity contribution in [2.24, 2.45) is 5.92 Å². The minimum Gasteiger partial charge on any atom is -0.196 e. The third-order valence-corrected chi connectivity index (χ3v) is 3.24. The van der Waals surface area contributed by atoms with Gasteiger partial charge in [0.15, 0.2) is 0 Å². The van der Waals surface area contributed by atoms with Crippen molar-refractivity contribution in [1.29, 1.82) is 0 Å². The molecule has 0 saturated heterocycles. The first-order valence-electron chi connectivity index (χ1n) is 5.77. The predicted octanol–water partition coefficient (Wildman–Crippen LogP) is 4.93. The summed E-state index contributed by atoms with van der Waals surface area (Å²) in [6.45, 7) is 0. The molecule has 1 aliphatic rings. The fraction of sp³-hybridized carbons (Fsp3) is 1.00. The van der Waals surface area contributed by atoms with E-state index < -0.39 is 18.5 Å². The van der Waals surface area contributed by atoms with Gasteiger partial charge in [-0.2, -0.15) is 22.0 Å². The van der Waals surface area contributed by atoms with E-state index in [-0.39, 0.29) is 6.42 Å². The van der Waals surface area contributed by atoms with Gasteiger partial charge in [-0.05, 0) is 12.3 Å². The lowest BCUT2D eigenvalue weighted by molar-refractivity contribution is -0.284. The maximum absolute atomic E-state index is 12.6. The zero-order chi connectivity index (χ0) is 12.2. The lowest BCUT2D eigenvalue weighted by Gasteiger charge is -2.23. The highest BCUT2D eigenvalue weighted by Crippen LogP contribution is 2.40. The Morgan fingerprint density at radius 3 is 1.94 bits per heavy atom. The van der Waals surface area contributed by atoms with Gasteiger partial charge in [-0.3, -0.25) is 0 Å². The van der Waals surface area contributed by atoms with Gasteiger partial charge in [0, 0.05) is 6.42 Å². The van der Waals surface area contributed by atoms with Crippen LogP contribution in [0.1, 0.15) is 51.4 Å². The van der Waals surface area contributed by atoms with Gasteiger partial charge in [0.2, 0.25) is 0 Å². The molecule has 0 N–H and O–H groups in total. The molecule has 1 aliphatic carbocycles. The third-order valence-electron chi connectivity index (χ3n) is 3.24. The van der Waals surface area contributed by atoms with Crippen LogP contribution in [-0.2, 0) is 0 Å². The zero-order valence-electron chi connectivity index (χ0n) is 9.12. The van der Waals surface area contributed by atoms with E-state index in [0.717, 1.165) is 32.1 Å². The van der Waals surface area contributed by atoms with Crippen molar-refractivity contribution in [1.82, 2.24) is 0 Å². The maximum atomic E-state index is 12.6. The van der Waals surface area contributed by atoms with Crippen molar-refractivity contribution in [3.63, 3.8) is 0 Å². The Bertz CT molecular complexity index is 203. The van der Waals surface area contributed by atoms with Crippen molar-refractivity contribution in [3.05, 3.63) is 0 Å². The first-order chi connectivity index (χ1) is 7.33. The van der Waals surface area contributed by atoms with Crippen LogP contribution in [0, 0.1) is 5.92 Å². The van der Waals surface area contributed by atoms with Crippen LogP contribution in [0.15, 0.2) is 0 Å². The van der Waals surface area contributed by atoms with Crippen LogP contribution < -0.4 is 0 Å². The highest BCUT2D eigenvalue weighted by atomic mass is 19.4. The summed E-state index contributed by atoms with van der Waals surface area (Å²) in [7, 11) is 0. The van der Waals surface area contributed by atoms with Gasteiger partial charge in [0.25, 0.3) is 0 Å². The SMILES string of the molecule is FC(F)(F)C(F)(F)CCCC1CCCCC1. The van der Waals surface area contributed by atoms with Gasteiger partial charge in [-0.15, -0.1) is 0 Å². The molecule has 1 saturated carbocycles. The quantitative estimate of drug-likeness (QED) is 0.615. The van der Waals surface area contributed by atoms with Crippen LogP contribution >= 0.6 is 0 Å². The van der Waals surface area contributed by atoms with Gasteiger partial charge < -0.3 is 0 Å². The molecular formula is C11H17F5. The van der Waals surface area contributed by atoms with E-state index in [0.29, 0.717) is 12.3 Å². The second-order valence-electron chi connectivity index (χ2n) is 4.60. The summed E-state index contributed by atoms with van der Waals surface area (Å²) < 4.78 is 60.7. The monoisotopic (exact) mass is 244 g/mol. The number of hydrogen-bond donors (Lipinski definition) is 0. The van der Waals surface area contributed by atoms with Crippen LogP contribution in [0.5, 0.6) is 0 Å². The first-order valence-corrected chi connectivity index (χ1v) is 5.77. The topological polar surface area (TPSA) is 0 Å². The second-order valence-corrected chi connectivity index (χ2v) is 4.60. The number of halogens is 5. The molecule has 0 bridgehead atoms. The molecular weight excluding hydrogens is 227 g/mol. The molecule has 0 aromatic rings. The maximum Gasteiger partial charge on any atom is 0.453 e. The fourth-order valence-corrected chi connectivity index (χ4v) is 2.23. The van der Waals surface area contributed by atoms with Crippen LogP contribution in [0.4, 0.5) is 22.0 Å². The molecule has 96 valence electrons. The lowest BCUT2D eigenvalue weighted by atomic mass is 9.85. The Balaban J connectivity index is 2.23. The van der Waals surface area contributed by atoms with Gasteiger partial charge in [0.05, 0.1) is 0 Å². The van der Waals surface area contributed by atoms with Crippen LogP contribution in [0.2, 0.25) is 0 Å². The molecule has 0 unspecified atom stereocenters. The predicted molar refractivity (Wildman–Crippen MR) is 51.4 cm³/mol. The number of rotatable bonds is 4. The average Bonchev–Trinajstić information content (AvgIpc) is 2.17. The van der Waals surface area contributed by atoms with E-state index in [2.05, 4.69) is 0 Å². The molecule has 0 amide bonds. The summed E-state index contributed by atoms with van der Waals surface area (Å²) in [6, 6.07) is 0. The Morgan fingerprint density at radius 2 is 1.44 bits per heavy atom. The Labute approximate surface area is 92.2 Å². The summed E-state index contributed by atoms with van der Waals surface area (Å²) in [4.78, 5) is 0. The zero-order valence-corrected chi connectivity index (χ0v) is 9.12. The number of alkyl halides is 5. The normalized spacial score (nSPS) is 20.1. The summed E-state index contributed by atoms with van der Waals surface area (Å²) in [5, 5.41) is 0. The summed E-state index contributed by atoms with van der Waals surface area (Å²) in [6.07, 6.45) is -0.680. The highest BCUT2D eigenvalue weighted by Gasteiger charge is 2.56. The molecule has 0 nitrogen and oxygen atoms in total. The van der Waals surface area contributed by atoms with Crippen LogP contribution in [0.25, 0.3) is 0 Å². The van der Waals surface area contributed by atoms with E-state index >= 15 is 0 Å². The molecule has 1 fully saturated rings. The highest BCUT2D eigenvalue weighted by molar-refractivity contribution is 4.76. The summed E-state index contributed by atoms with van der Waals surface area (Å²) >= 11 is 0. The molecule has 0 aliphatic heterocycles. The first kappa shape index (κ1) is 13.7. The van der Waals surface area contributed by atoms with Crippen LogP contribution in [-0.4, -0.2) is 12.1 Å². The van der Waals surface area contributed by atoms with Crippen molar-refractivity contribution >= 4 is 0 Å². The lowest BCUT2D eigenvalue weighted by Crippen LogP contribution is -2.36. The van der Waals surface area contributed by atoms with E-state index in [4.69, 9.17) is 0 Å². The molecule has 16 heavy (non-hydrogen) atoms. The van der Waals surface area contributed by atoms with Crippen molar-refractivity contribution in [2.75, 3.05) is 0 Å². The molecule has 5 heteroatoms. The summed E-state index contributed by atoms with van der Waals surface area (Å²) in [5.41, 5.74) is 0. The molecule has 1 rings (SSSR count). The van der Waals surface area contributed by atoms with Crippen molar-refractivity contribution in [3.8, 4) is 0 Å². The minimum atomic E-state index is -5.39. The van der Waals surface area contributed by atoms with Gasteiger partial charge >= 0.3 is 12.1 Å². The molecule has 0 spiro atoms. The van der Waals surface area contributed by atoms with Crippen molar-refractivity contribution < 1.29 is 22.0 Å². The average molecular weight is 244 g/mol. The molecule has 0 heterocycles. The van der Waals surface area contributed by atoms with E-state index in [9.17, 15) is 22.0 Å². The Hall–Kier alpha value is -0.350. The third kappa shape index (κ3) is 3.91. The van der Waals surface area contributed by atoms with E-state index in [1.54, 1.807) is 0 Å². The molecule has 0 radical (unpaired) electrons. The van der Waals surface area contributed by atoms with Gasteiger partial charge in [-0.25, -0.2) is 0 Å². The molecule has 0 aromatic heterocycles. The standard InChI is InChI=1S/C11H17F5/c12-10(13,11(14,15)16)8-4-7-9-5-2-1-3-6-9/h9H,1-8H2. The minimum absolute atomic E-state index is 0.0306. The van der Waals surface area contributed by atoms with Crippen LogP contribution in [0.3, 0.4) is 0 Å². The second kappa shape index (κ2) is 5.32. The largest absolute Gasteiger partial charge is 0.453 e. The fourth-order valence-electron chi connectivity index (χ4n) is 2.23. The smallest absolute Gasteiger partial charge is 0.196 e. The Kier molecular flexibility index (Phi) is 4.56. The summed E-state index contributed by atoms with van der Waals surface area (Å²) in [5.74, 6) is -4.15. The van der Waals surface area contributed by atoms with Gasteiger partial charge in [0.1, 0.15) is 0 Å². The Morgan fingerprint density at radius 1 is 0.875 bits per heavy atom.